The van der Waals surface area contributed by atoms with Gasteiger partial charge in [-0.2, -0.15) is 0 Å². The molecule has 1 aromatic rings. The van der Waals surface area contributed by atoms with Crippen LogP contribution in [0.2, 0.25) is 0 Å². The lowest BCUT2D eigenvalue weighted by Gasteiger charge is -2.31. The third kappa shape index (κ3) is 1.70. The number of carbonyl (C=O) groups is 3. The van der Waals surface area contributed by atoms with Crippen molar-refractivity contribution in [3.63, 3.8) is 0 Å². The fourth-order valence-electron chi connectivity index (χ4n) is 2.47. The summed E-state index contributed by atoms with van der Waals surface area (Å²) in [6.45, 7) is 0. The van der Waals surface area contributed by atoms with E-state index in [2.05, 4.69) is 10.3 Å². The summed E-state index contributed by atoms with van der Waals surface area (Å²) in [5.41, 5.74) is 0.726. The zero-order chi connectivity index (χ0) is 13.6. The highest BCUT2D eigenvalue weighted by atomic mass is 16.3. The normalized spacial score (nSPS) is 26.4. The van der Waals surface area contributed by atoms with Crippen molar-refractivity contribution < 1.29 is 19.5 Å². The quantitative estimate of drug-likeness (QED) is 0.653. The number of pyridine rings is 1. The van der Waals surface area contributed by atoms with Crippen LogP contribution < -0.4 is 5.32 Å². The standard InChI is InChI=1S/C12H11N3O4/c16-9-2-1-8(10(17)14-9)15-11(18)6-3-4-13-5-7(6)12(15)19/h3-5,8,11,18H,1-2H2,(H,14,16,17). The van der Waals surface area contributed by atoms with Gasteiger partial charge in [-0.05, 0) is 12.5 Å². The molecule has 7 heteroatoms. The van der Waals surface area contributed by atoms with Crippen LogP contribution in [0, 0.1) is 0 Å². The van der Waals surface area contributed by atoms with Crippen LogP contribution in [0.4, 0.5) is 0 Å². The molecule has 0 spiro atoms. The Balaban J connectivity index is 1.94. The van der Waals surface area contributed by atoms with Crippen molar-refractivity contribution in [3.8, 4) is 0 Å². The Bertz CT molecular complexity index is 586. The van der Waals surface area contributed by atoms with Crippen LogP contribution >= 0.6 is 0 Å². The van der Waals surface area contributed by atoms with E-state index < -0.39 is 24.1 Å². The zero-order valence-corrected chi connectivity index (χ0v) is 9.87. The Kier molecular flexibility index (Phi) is 2.56. The number of aliphatic hydroxyl groups excluding tert-OH is 1. The number of amides is 3. The third-order valence-corrected chi connectivity index (χ3v) is 3.41. The van der Waals surface area contributed by atoms with Crippen molar-refractivity contribution in [1.82, 2.24) is 15.2 Å². The summed E-state index contributed by atoms with van der Waals surface area (Å²) in [4.78, 5) is 40.0. The van der Waals surface area contributed by atoms with E-state index in [4.69, 9.17) is 0 Å². The molecule has 1 saturated heterocycles. The second-order valence-electron chi connectivity index (χ2n) is 4.52. The van der Waals surface area contributed by atoms with Gasteiger partial charge in [-0.3, -0.25) is 29.6 Å². The maximum atomic E-state index is 12.2. The minimum absolute atomic E-state index is 0.154. The van der Waals surface area contributed by atoms with Gasteiger partial charge in [0.05, 0.1) is 5.56 Å². The van der Waals surface area contributed by atoms with E-state index in [1.165, 1.54) is 12.4 Å². The molecule has 19 heavy (non-hydrogen) atoms. The Morgan fingerprint density at radius 3 is 2.84 bits per heavy atom. The van der Waals surface area contributed by atoms with E-state index in [9.17, 15) is 19.5 Å². The molecule has 3 heterocycles. The number of carbonyl (C=O) groups excluding carboxylic acids is 3. The molecule has 98 valence electrons. The average Bonchev–Trinajstić information content (AvgIpc) is 2.64. The maximum Gasteiger partial charge on any atom is 0.258 e. The number of nitrogens with one attached hydrogen (secondary N) is 1. The molecule has 0 bridgehead atoms. The lowest BCUT2D eigenvalue weighted by atomic mass is 10.0. The van der Waals surface area contributed by atoms with Crippen molar-refractivity contribution >= 4 is 17.7 Å². The molecule has 2 aliphatic heterocycles. The Labute approximate surface area is 108 Å². The SMILES string of the molecule is O=C1CCC(N2C(=O)c3cnccc3C2O)C(=O)N1. The minimum atomic E-state index is -1.17. The van der Waals surface area contributed by atoms with Gasteiger partial charge in [0.25, 0.3) is 5.91 Å². The summed E-state index contributed by atoms with van der Waals surface area (Å²) >= 11 is 0. The molecule has 0 aliphatic carbocycles. The maximum absolute atomic E-state index is 12.2. The lowest BCUT2D eigenvalue weighted by Crippen LogP contribution is -2.53. The van der Waals surface area contributed by atoms with Gasteiger partial charge in [0, 0.05) is 24.4 Å². The largest absolute Gasteiger partial charge is 0.369 e. The Hall–Kier alpha value is -2.28. The highest BCUT2D eigenvalue weighted by Crippen LogP contribution is 2.34. The summed E-state index contributed by atoms with van der Waals surface area (Å²) in [6, 6.07) is 0.719. The number of aliphatic hydroxyl groups is 1. The Morgan fingerprint density at radius 2 is 2.16 bits per heavy atom. The molecule has 2 unspecified atom stereocenters. The second kappa shape index (κ2) is 4.13. The third-order valence-electron chi connectivity index (χ3n) is 3.41. The first-order valence-corrected chi connectivity index (χ1v) is 5.88. The van der Waals surface area contributed by atoms with Gasteiger partial charge in [0.2, 0.25) is 11.8 Å². The Morgan fingerprint density at radius 1 is 1.37 bits per heavy atom. The van der Waals surface area contributed by atoms with Crippen molar-refractivity contribution in [1.29, 1.82) is 0 Å². The van der Waals surface area contributed by atoms with Gasteiger partial charge in [0.15, 0.2) is 6.23 Å². The number of piperidine rings is 1. The van der Waals surface area contributed by atoms with Crippen molar-refractivity contribution in [2.24, 2.45) is 0 Å². The van der Waals surface area contributed by atoms with Gasteiger partial charge in [-0.15, -0.1) is 0 Å². The second-order valence-corrected chi connectivity index (χ2v) is 4.52. The van der Waals surface area contributed by atoms with Crippen LogP contribution in [-0.4, -0.2) is 38.8 Å². The van der Waals surface area contributed by atoms with E-state index >= 15 is 0 Å². The number of fused-ring (bicyclic) bond motifs is 1. The predicted octanol–water partition coefficient (Wildman–Crippen LogP) is -0.667. The predicted molar refractivity (Wildman–Crippen MR) is 61.5 cm³/mol. The topological polar surface area (TPSA) is 99.6 Å². The van der Waals surface area contributed by atoms with E-state index in [-0.39, 0.29) is 18.7 Å². The summed E-state index contributed by atoms with van der Waals surface area (Å²) in [6.07, 6.45) is 2.04. The summed E-state index contributed by atoms with van der Waals surface area (Å²) in [7, 11) is 0. The molecule has 2 aliphatic rings. The van der Waals surface area contributed by atoms with E-state index in [0.717, 1.165) is 4.90 Å². The first kappa shape index (κ1) is 11.8. The van der Waals surface area contributed by atoms with Crippen molar-refractivity contribution in [2.75, 3.05) is 0 Å². The van der Waals surface area contributed by atoms with Crippen LogP contribution in [0.5, 0.6) is 0 Å². The molecule has 2 N–H and O–H groups in total. The van der Waals surface area contributed by atoms with E-state index in [0.29, 0.717) is 11.1 Å². The number of nitrogens with zero attached hydrogens (tertiary/aromatic N) is 2. The van der Waals surface area contributed by atoms with E-state index in [1.807, 2.05) is 0 Å². The number of rotatable bonds is 1. The molecule has 0 radical (unpaired) electrons. The van der Waals surface area contributed by atoms with Crippen LogP contribution in [0.3, 0.4) is 0 Å². The van der Waals surface area contributed by atoms with E-state index in [1.54, 1.807) is 6.07 Å². The molecule has 0 aromatic carbocycles. The molecule has 0 saturated carbocycles. The highest BCUT2D eigenvalue weighted by Gasteiger charge is 2.44. The van der Waals surface area contributed by atoms with Crippen LogP contribution in [0.25, 0.3) is 0 Å². The number of aromatic nitrogens is 1. The van der Waals surface area contributed by atoms with Gasteiger partial charge in [-0.25, -0.2) is 0 Å². The molecule has 1 aromatic heterocycles. The summed E-state index contributed by atoms with van der Waals surface area (Å²) in [5.74, 6) is -1.35. The first-order valence-electron chi connectivity index (χ1n) is 5.88. The average molecular weight is 261 g/mol. The summed E-state index contributed by atoms with van der Waals surface area (Å²) in [5, 5.41) is 12.3. The number of hydrogen-bond donors (Lipinski definition) is 2. The molecular weight excluding hydrogens is 250 g/mol. The van der Waals surface area contributed by atoms with Gasteiger partial charge in [0.1, 0.15) is 6.04 Å². The number of hydrogen-bond acceptors (Lipinski definition) is 5. The first-order chi connectivity index (χ1) is 9.09. The van der Waals surface area contributed by atoms with Crippen molar-refractivity contribution in [2.45, 2.75) is 25.1 Å². The van der Waals surface area contributed by atoms with Crippen LogP contribution in [0.1, 0.15) is 35.0 Å². The lowest BCUT2D eigenvalue weighted by molar-refractivity contribution is -0.139. The number of imide groups is 1. The monoisotopic (exact) mass is 261 g/mol. The zero-order valence-electron chi connectivity index (χ0n) is 9.87. The minimum Gasteiger partial charge on any atom is -0.369 e. The summed E-state index contributed by atoms with van der Waals surface area (Å²) < 4.78 is 0. The van der Waals surface area contributed by atoms with Crippen LogP contribution in [0.15, 0.2) is 18.5 Å². The molecular formula is C12H11N3O4. The van der Waals surface area contributed by atoms with Gasteiger partial charge < -0.3 is 5.11 Å². The fourth-order valence-corrected chi connectivity index (χ4v) is 2.47. The van der Waals surface area contributed by atoms with Crippen molar-refractivity contribution in [3.05, 3.63) is 29.6 Å². The molecule has 3 rings (SSSR count). The van der Waals surface area contributed by atoms with Gasteiger partial charge >= 0.3 is 0 Å². The van der Waals surface area contributed by atoms with Gasteiger partial charge in [-0.1, -0.05) is 0 Å². The molecule has 2 atom stereocenters. The molecule has 3 amide bonds. The fraction of sp³-hybridized carbons (Fsp3) is 0.333. The molecule has 1 fully saturated rings. The highest BCUT2D eigenvalue weighted by molar-refractivity contribution is 6.05. The molecule has 7 nitrogen and oxygen atoms in total. The van der Waals surface area contributed by atoms with Crippen LogP contribution in [-0.2, 0) is 9.59 Å². The smallest absolute Gasteiger partial charge is 0.258 e.